The van der Waals surface area contributed by atoms with Crippen molar-refractivity contribution in [2.24, 2.45) is 0 Å². The van der Waals surface area contributed by atoms with Crippen LogP contribution in [0.2, 0.25) is 0 Å². The Morgan fingerprint density at radius 1 is 1.19 bits per heavy atom. The average Bonchev–Trinajstić information content (AvgIpc) is 2.94. The highest BCUT2D eigenvalue weighted by molar-refractivity contribution is 8.26. The van der Waals surface area contributed by atoms with Crippen LogP contribution < -0.4 is 9.47 Å². The molecule has 2 aromatic carbocycles. The third-order valence-corrected chi connectivity index (χ3v) is 5.65. The first-order valence-electron chi connectivity index (χ1n) is 8.64. The van der Waals surface area contributed by atoms with Gasteiger partial charge in [0.05, 0.1) is 12.0 Å². The summed E-state index contributed by atoms with van der Waals surface area (Å²) in [5, 5.41) is 0. The Morgan fingerprint density at radius 2 is 1.96 bits per heavy atom. The molecule has 6 heteroatoms. The number of rotatable bonds is 6. The molecular formula is C21H21NO3S2. The Balaban J connectivity index is 1.84. The number of aryl methyl sites for hydroxylation is 1. The highest BCUT2D eigenvalue weighted by Gasteiger charge is 2.30. The van der Waals surface area contributed by atoms with Crippen LogP contribution in [0.4, 0.5) is 0 Å². The maximum Gasteiger partial charge on any atom is 0.266 e. The van der Waals surface area contributed by atoms with Crippen LogP contribution in [-0.2, 0) is 11.4 Å². The monoisotopic (exact) mass is 399 g/mol. The number of para-hydroxylation sites is 1. The Morgan fingerprint density at radius 3 is 2.63 bits per heavy atom. The van der Waals surface area contributed by atoms with Crippen molar-refractivity contribution in [3.63, 3.8) is 0 Å². The second-order valence-corrected chi connectivity index (χ2v) is 7.73. The lowest BCUT2D eigenvalue weighted by Gasteiger charge is -2.13. The van der Waals surface area contributed by atoms with Gasteiger partial charge in [0, 0.05) is 12.1 Å². The summed E-state index contributed by atoms with van der Waals surface area (Å²) in [6.45, 7) is 4.90. The molecule has 0 saturated carbocycles. The fourth-order valence-corrected chi connectivity index (χ4v) is 4.18. The van der Waals surface area contributed by atoms with Crippen LogP contribution in [-0.4, -0.2) is 28.8 Å². The third kappa shape index (κ3) is 4.34. The smallest absolute Gasteiger partial charge is 0.266 e. The van der Waals surface area contributed by atoms with E-state index in [0.717, 1.165) is 28.2 Å². The van der Waals surface area contributed by atoms with Gasteiger partial charge in [-0.15, -0.1) is 0 Å². The van der Waals surface area contributed by atoms with E-state index >= 15 is 0 Å². The number of hydrogen-bond acceptors (Lipinski definition) is 5. The number of thioether (sulfide) groups is 1. The van der Waals surface area contributed by atoms with Gasteiger partial charge >= 0.3 is 0 Å². The molecule has 1 saturated heterocycles. The van der Waals surface area contributed by atoms with E-state index in [4.69, 9.17) is 21.7 Å². The minimum absolute atomic E-state index is 0.0407. The largest absolute Gasteiger partial charge is 0.496 e. The van der Waals surface area contributed by atoms with Crippen molar-refractivity contribution >= 4 is 40.3 Å². The number of carbonyl (C=O) groups excluding carboxylic acids is 1. The van der Waals surface area contributed by atoms with E-state index < -0.39 is 0 Å². The molecule has 0 N–H and O–H groups in total. The molecule has 140 valence electrons. The van der Waals surface area contributed by atoms with Crippen LogP contribution >= 0.6 is 24.0 Å². The van der Waals surface area contributed by atoms with Crippen molar-refractivity contribution < 1.29 is 14.3 Å². The van der Waals surface area contributed by atoms with Gasteiger partial charge in [-0.2, -0.15) is 0 Å². The lowest BCUT2D eigenvalue weighted by molar-refractivity contribution is -0.121. The predicted molar refractivity (Wildman–Crippen MR) is 114 cm³/mol. The second kappa shape index (κ2) is 8.59. The number of methoxy groups -OCH3 is 1. The van der Waals surface area contributed by atoms with Crippen molar-refractivity contribution in [2.75, 3.05) is 13.7 Å². The van der Waals surface area contributed by atoms with Crippen LogP contribution in [0, 0.1) is 6.92 Å². The zero-order valence-corrected chi connectivity index (χ0v) is 17.2. The molecule has 3 rings (SSSR count). The van der Waals surface area contributed by atoms with Gasteiger partial charge in [0.2, 0.25) is 0 Å². The Bertz CT molecular complexity index is 908. The van der Waals surface area contributed by atoms with Gasteiger partial charge in [-0.1, -0.05) is 48.2 Å². The van der Waals surface area contributed by atoms with Crippen molar-refractivity contribution in [1.82, 2.24) is 4.90 Å². The molecule has 0 spiro atoms. The predicted octanol–water partition coefficient (Wildman–Crippen LogP) is 4.80. The summed E-state index contributed by atoms with van der Waals surface area (Å²) < 4.78 is 12.0. The fraction of sp³-hybridized carbons (Fsp3) is 0.238. The third-order valence-electron chi connectivity index (χ3n) is 4.27. The normalized spacial score (nSPS) is 15.5. The van der Waals surface area contributed by atoms with Crippen LogP contribution in [0.5, 0.6) is 11.5 Å². The highest BCUT2D eigenvalue weighted by atomic mass is 32.2. The molecule has 2 aromatic rings. The standard InChI is InChI=1S/C21H21NO3S2/c1-4-22-20(23)19(27-21(22)26)12-15-9-10-18(24-3)16(11-15)13-25-17-8-6-5-7-14(17)2/h5-12H,4,13H2,1-3H3/b19-12-. The summed E-state index contributed by atoms with van der Waals surface area (Å²) >= 11 is 6.61. The van der Waals surface area contributed by atoms with Gasteiger partial charge in [0.25, 0.3) is 5.91 Å². The molecule has 0 atom stereocenters. The molecule has 0 unspecified atom stereocenters. The zero-order valence-electron chi connectivity index (χ0n) is 15.5. The first kappa shape index (κ1) is 19.5. The van der Waals surface area contributed by atoms with E-state index in [0.29, 0.717) is 22.4 Å². The first-order valence-corrected chi connectivity index (χ1v) is 9.86. The van der Waals surface area contributed by atoms with E-state index in [1.165, 1.54) is 11.8 Å². The van der Waals surface area contributed by atoms with Gasteiger partial charge in [0.1, 0.15) is 22.4 Å². The van der Waals surface area contributed by atoms with Crippen LogP contribution in [0.25, 0.3) is 6.08 Å². The molecule has 0 aliphatic carbocycles. The number of ether oxygens (including phenoxy) is 2. The van der Waals surface area contributed by atoms with Crippen molar-refractivity contribution in [3.8, 4) is 11.5 Å². The lowest BCUT2D eigenvalue weighted by atomic mass is 10.1. The zero-order chi connectivity index (χ0) is 19.4. The average molecular weight is 400 g/mol. The summed E-state index contributed by atoms with van der Waals surface area (Å²) in [6, 6.07) is 13.7. The molecule has 1 amide bonds. The summed E-state index contributed by atoms with van der Waals surface area (Å²) in [6.07, 6.45) is 1.87. The van der Waals surface area contributed by atoms with Gasteiger partial charge < -0.3 is 9.47 Å². The SMILES string of the molecule is CCN1C(=O)/C(=C/c2ccc(OC)c(COc3ccccc3C)c2)SC1=S. The van der Waals surface area contributed by atoms with E-state index in [1.807, 2.05) is 62.4 Å². The number of likely N-dealkylation sites (N-methyl/N-ethyl adjacent to an activating group) is 1. The minimum atomic E-state index is -0.0407. The van der Waals surface area contributed by atoms with Crippen molar-refractivity contribution in [3.05, 3.63) is 64.1 Å². The van der Waals surface area contributed by atoms with Gasteiger partial charge in [-0.3, -0.25) is 9.69 Å². The number of thiocarbonyl (C=S) groups is 1. The maximum atomic E-state index is 12.4. The molecule has 1 heterocycles. The number of amides is 1. The van der Waals surface area contributed by atoms with Crippen LogP contribution in [0.15, 0.2) is 47.4 Å². The molecule has 0 bridgehead atoms. The second-order valence-electron chi connectivity index (χ2n) is 6.05. The quantitative estimate of drug-likeness (QED) is 0.515. The molecule has 1 fully saturated rings. The van der Waals surface area contributed by atoms with E-state index in [9.17, 15) is 4.79 Å². The van der Waals surface area contributed by atoms with E-state index in [-0.39, 0.29) is 5.91 Å². The summed E-state index contributed by atoms with van der Waals surface area (Å²) in [5.74, 6) is 1.55. The summed E-state index contributed by atoms with van der Waals surface area (Å²) in [4.78, 5) is 14.7. The van der Waals surface area contributed by atoms with Gasteiger partial charge in [-0.25, -0.2) is 0 Å². The highest BCUT2D eigenvalue weighted by Crippen LogP contribution is 2.33. The van der Waals surface area contributed by atoms with Crippen LogP contribution in [0.3, 0.4) is 0 Å². The van der Waals surface area contributed by atoms with Crippen molar-refractivity contribution in [2.45, 2.75) is 20.5 Å². The van der Waals surface area contributed by atoms with Gasteiger partial charge in [0.15, 0.2) is 0 Å². The molecule has 0 aromatic heterocycles. The minimum Gasteiger partial charge on any atom is -0.496 e. The Hall–Kier alpha value is -2.31. The first-order chi connectivity index (χ1) is 13.0. The number of nitrogens with zero attached hydrogens (tertiary/aromatic N) is 1. The fourth-order valence-electron chi connectivity index (χ4n) is 2.80. The summed E-state index contributed by atoms with van der Waals surface area (Å²) in [5.41, 5.74) is 2.91. The number of carbonyl (C=O) groups is 1. The topological polar surface area (TPSA) is 38.8 Å². The number of hydrogen-bond donors (Lipinski definition) is 0. The summed E-state index contributed by atoms with van der Waals surface area (Å²) in [7, 11) is 1.64. The van der Waals surface area contributed by atoms with E-state index in [1.54, 1.807) is 12.0 Å². The van der Waals surface area contributed by atoms with E-state index in [2.05, 4.69) is 0 Å². The van der Waals surface area contributed by atoms with Crippen LogP contribution in [0.1, 0.15) is 23.6 Å². The molecule has 4 nitrogen and oxygen atoms in total. The molecular weight excluding hydrogens is 378 g/mol. The molecule has 1 aliphatic rings. The maximum absolute atomic E-state index is 12.4. The molecule has 27 heavy (non-hydrogen) atoms. The van der Waals surface area contributed by atoms with Gasteiger partial charge in [-0.05, 0) is 49.2 Å². The lowest BCUT2D eigenvalue weighted by Crippen LogP contribution is -2.27. The Kier molecular flexibility index (Phi) is 6.19. The van der Waals surface area contributed by atoms with Crippen molar-refractivity contribution in [1.29, 1.82) is 0 Å². The molecule has 0 radical (unpaired) electrons. The molecule has 1 aliphatic heterocycles. The number of benzene rings is 2. The Labute approximate surface area is 169 Å².